The second-order valence-corrected chi connectivity index (χ2v) is 2.63. The van der Waals surface area contributed by atoms with Gasteiger partial charge in [-0.1, -0.05) is 26.7 Å². The molecule has 0 aliphatic rings. The zero-order valence-electron chi connectivity index (χ0n) is 6.56. The van der Waals surface area contributed by atoms with Crippen molar-refractivity contribution in [1.29, 1.82) is 0 Å². The van der Waals surface area contributed by atoms with Crippen molar-refractivity contribution in [3.05, 3.63) is 0 Å². The summed E-state index contributed by atoms with van der Waals surface area (Å²) >= 11 is 0. The monoisotopic (exact) mass is 127 g/mol. The third-order valence-electron chi connectivity index (χ3n) is 1.56. The van der Waals surface area contributed by atoms with E-state index in [1.807, 2.05) is 0 Å². The number of aliphatic imine (C=N–C) groups is 1. The van der Waals surface area contributed by atoms with E-state index in [1.54, 1.807) is 0 Å². The van der Waals surface area contributed by atoms with Crippen molar-refractivity contribution in [2.75, 3.05) is 6.54 Å². The van der Waals surface area contributed by atoms with Crippen molar-refractivity contribution < 1.29 is 0 Å². The molecule has 0 amide bonds. The predicted molar refractivity (Wildman–Crippen MR) is 43.1 cm³/mol. The molecule has 1 heteroatoms. The van der Waals surface area contributed by atoms with Crippen molar-refractivity contribution in [3.63, 3.8) is 0 Å². The Balaban J connectivity index is 3.04. The highest BCUT2D eigenvalue weighted by atomic mass is 14.7. The summed E-state index contributed by atoms with van der Waals surface area (Å²) in [5.41, 5.74) is 0. The minimum atomic E-state index is 0.834. The van der Waals surface area contributed by atoms with Gasteiger partial charge in [-0.05, 0) is 19.1 Å². The standard InChI is InChI=1S/C8H17N/c1-4-5-8(2)6-7-9-3/h8H,3-7H2,1-2H3. The van der Waals surface area contributed by atoms with Crippen LogP contribution in [0, 0.1) is 5.92 Å². The van der Waals surface area contributed by atoms with Crippen LogP contribution in [0.15, 0.2) is 4.99 Å². The Morgan fingerprint density at radius 1 is 1.44 bits per heavy atom. The summed E-state index contributed by atoms with van der Waals surface area (Å²) in [5.74, 6) is 0.834. The molecular formula is C8H17N. The maximum Gasteiger partial charge on any atom is 0.0384 e. The molecule has 0 aliphatic carbocycles. The normalized spacial score (nSPS) is 13.1. The van der Waals surface area contributed by atoms with Gasteiger partial charge in [-0.15, -0.1) is 0 Å². The van der Waals surface area contributed by atoms with Crippen molar-refractivity contribution in [2.45, 2.75) is 33.1 Å². The van der Waals surface area contributed by atoms with E-state index in [4.69, 9.17) is 0 Å². The number of rotatable bonds is 5. The molecule has 0 aromatic heterocycles. The summed E-state index contributed by atoms with van der Waals surface area (Å²) in [6, 6.07) is 0. The third-order valence-corrected chi connectivity index (χ3v) is 1.56. The first-order valence-corrected chi connectivity index (χ1v) is 3.73. The highest BCUT2D eigenvalue weighted by Crippen LogP contribution is 2.08. The summed E-state index contributed by atoms with van der Waals surface area (Å²) in [6.45, 7) is 8.87. The van der Waals surface area contributed by atoms with Crippen molar-refractivity contribution in [1.82, 2.24) is 0 Å². The van der Waals surface area contributed by atoms with Crippen molar-refractivity contribution in [2.24, 2.45) is 10.9 Å². The molecule has 9 heavy (non-hydrogen) atoms. The van der Waals surface area contributed by atoms with E-state index in [0.29, 0.717) is 0 Å². The molecular weight excluding hydrogens is 110 g/mol. The Morgan fingerprint density at radius 2 is 2.11 bits per heavy atom. The van der Waals surface area contributed by atoms with Crippen LogP contribution in [0.3, 0.4) is 0 Å². The molecule has 0 heterocycles. The SMILES string of the molecule is C=NCCC(C)CCC. The lowest BCUT2D eigenvalue weighted by molar-refractivity contribution is 0.494. The van der Waals surface area contributed by atoms with Gasteiger partial charge in [-0.3, -0.25) is 0 Å². The van der Waals surface area contributed by atoms with E-state index in [-0.39, 0.29) is 0 Å². The molecule has 0 fully saturated rings. The fourth-order valence-electron chi connectivity index (χ4n) is 0.949. The fourth-order valence-corrected chi connectivity index (χ4v) is 0.949. The van der Waals surface area contributed by atoms with Gasteiger partial charge in [0.05, 0.1) is 0 Å². The quantitative estimate of drug-likeness (QED) is 0.503. The van der Waals surface area contributed by atoms with Crippen molar-refractivity contribution in [3.8, 4) is 0 Å². The van der Waals surface area contributed by atoms with E-state index in [9.17, 15) is 0 Å². The second-order valence-electron chi connectivity index (χ2n) is 2.63. The van der Waals surface area contributed by atoms with Gasteiger partial charge >= 0.3 is 0 Å². The van der Waals surface area contributed by atoms with Crippen LogP contribution >= 0.6 is 0 Å². The van der Waals surface area contributed by atoms with Gasteiger partial charge in [0.15, 0.2) is 0 Å². The molecule has 1 nitrogen and oxygen atoms in total. The van der Waals surface area contributed by atoms with Crippen LogP contribution in [-0.4, -0.2) is 13.3 Å². The van der Waals surface area contributed by atoms with E-state index >= 15 is 0 Å². The second kappa shape index (κ2) is 5.80. The lowest BCUT2D eigenvalue weighted by atomic mass is 10.0. The van der Waals surface area contributed by atoms with Crippen LogP contribution in [0.4, 0.5) is 0 Å². The molecule has 1 unspecified atom stereocenters. The Bertz CT molecular complexity index is 69.0. The van der Waals surface area contributed by atoms with Gasteiger partial charge < -0.3 is 4.99 Å². The van der Waals surface area contributed by atoms with Crippen LogP contribution in [0.2, 0.25) is 0 Å². The van der Waals surface area contributed by atoms with Crippen molar-refractivity contribution >= 4 is 6.72 Å². The maximum absolute atomic E-state index is 3.81. The lowest BCUT2D eigenvalue weighted by Crippen LogP contribution is -1.95. The highest BCUT2D eigenvalue weighted by molar-refractivity contribution is 5.22. The summed E-state index contributed by atoms with van der Waals surface area (Å²) in [6.07, 6.45) is 3.82. The first-order chi connectivity index (χ1) is 4.31. The molecule has 0 aromatic carbocycles. The Hall–Kier alpha value is -0.330. The average molecular weight is 127 g/mol. The van der Waals surface area contributed by atoms with Crippen LogP contribution < -0.4 is 0 Å². The molecule has 1 atom stereocenters. The van der Waals surface area contributed by atoms with Gasteiger partial charge in [-0.2, -0.15) is 0 Å². The molecule has 0 aromatic rings. The van der Waals surface area contributed by atoms with E-state index < -0.39 is 0 Å². The molecule has 0 saturated heterocycles. The number of hydrogen-bond acceptors (Lipinski definition) is 1. The van der Waals surface area contributed by atoms with Crippen LogP contribution in [0.1, 0.15) is 33.1 Å². The summed E-state index contributed by atoms with van der Waals surface area (Å²) in [5, 5.41) is 0. The van der Waals surface area contributed by atoms with Gasteiger partial charge in [0.25, 0.3) is 0 Å². The molecule has 0 rings (SSSR count). The molecule has 0 bridgehead atoms. The topological polar surface area (TPSA) is 12.4 Å². The Morgan fingerprint density at radius 3 is 2.56 bits per heavy atom. The molecule has 54 valence electrons. The maximum atomic E-state index is 3.81. The van der Waals surface area contributed by atoms with E-state index in [1.165, 1.54) is 19.3 Å². The number of nitrogens with zero attached hydrogens (tertiary/aromatic N) is 1. The Labute approximate surface area is 58.2 Å². The zero-order valence-corrected chi connectivity index (χ0v) is 6.56. The zero-order chi connectivity index (χ0) is 7.11. The minimum absolute atomic E-state index is 0.834. The first-order valence-electron chi connectivity index (χ1n) is 3.73. The smallest absolute Gasteiger partial charge is 0.0384 e. The molecule has 0 spiro atoms. The first kappa shape index (κ1) is 8.67. The van der Waals surface area contributed by atoms with Gasteiger partial charge in [-0.25, -0.2) is 0 Å². The van der Waals surface area contributed by atoms with E-state index in [0.717, 1.165) is 12.5 Å². The molecule has 0 N–H and O–H groups in total. The largest absolute Gasteiger partial charge is 0.301 e. The van der Waals surface area contributed by atoms with Gasteiger partial charge in [0, 0.05) is 6.54 Å². The van der Waals surface area contributed by atoms with Crippen LogP contribution in [0.25, 0.3) is 0 Å². The number of hydrogen-bond donors (Lipinski definition) is 0. The molecule has 0 aliphatic heterocycles. The minimum Gasteiger partial charge on any atom is -0.301 e. The van der Waals surface area contributed by atoms with Gasteiger partial charge in [0.1, 0.15) is 0 Å². The fraction of sp³-hybridized carbons (Fsp3) is 0.875. The summed E-state index contributed by atoms with van der Waals surface area (Å²) in [7, 11) is 0. The van der Waals surface area contributed by atoms with Gasteiger partial charge in [0.2, 0.25) is 0 Å². The van der Waals surface area contributed by atoms with Crippen LogP contribution in [0.5, 0.6) is 0 Å². The average Bonchev–Trinajstić information content (AvgIpc) is 1.85. The molecule has 0 saturated carbocycles. The lowest BCUT2D eigenvalue weighted by Gasteiger charge is -2.05. The van der Waals surface area contributed by atoms with Crippen LogP contribution in [-0.2, 0) is 0 Å². The molecule has 0 radical (unpaired) electrons. The summed E-state index contributed by atoms with van der Waals surface area (Å²) < 4.78 is 0. The van der Waals surface area contributed by atoms with E-state index in [2.05, 4.69) is 25.6 Å². The Kier molecular flexibility index (Phi) is 5.59. The predicted octanol–water partition coefficient (Wildman–Crippen LogP) is 2.51. The third kappa shape index (κ3) is 5.54. The summed E-state index contributed by atoms with van der Waals surface area (Å²) in [4.78, 5) is 3.81. The highest BCUT2D eigenvalue weighted by Gasteiger charge is 1.97.